The molecule has 5 nitrogen and oxygen atoms in total. The van der Waals surface area contributed by atoms with Crippen LogP contribution in [-0.4, -0.2) is 24.6 Å². The summed E-state index contributed by atoms with van der Waals surface area (Å²) >= 11 is 5.52. The Balaban J connectivity index is 2.58. The predicted molar refractivity (Wildman–Crippen MR) is 68.7 cm³/mol. The highest BCUT2D eigenvalue weighted by Gasteiger charge is 2.17. The highest BCUT2D eigenvalue weighted by molar-refractivity contribution is 6.30. The molecule has 0 saturated heterocycles. The lowest BCUT2D eigenvalue weighted by Gasteiger charge is -2.14. The van der Waals surface area contributed by atoms with E-state index in [-0.39, 0.29) is 10.8 Å². The molecule has 1 rings (SSSR count). The van der Waals surface area contributed by atoms with Gasteiger partial charge in [-0.1, -0.05) is 11.6 Å². The molecule has 0 aliphatic carbocycles. The van der Waals surface area contributed by atoms with Gasteiger partial charge in [0.1, 0.15) is 11.6 Å². The molecule has 0 bridgehead atoms. The van der Waals surface area contributed by atoms with Crippen LogP contribution in [0, 0.1) is 5.82 Å². The summed E-state index contributed by atoms with van der Waals surface area (Å²) in [4.78, 5) is 22.7. The van der Waals surface area contributed by atoms with E-state index in [1.807, 2.05) is 0 Å². The second-order valence-electron chi connectivity index (χ2n) is 3.68. The average Bonchev–Trinajstić information content (AvgIpc) is 2.34. The largest absolute Gasteiger partial charge is 0.481 e. The van der Waals surface area contributed by atoms with Crippen LogP contribution < -0.4 is 15.4 Å². The number of urea groups is 1. The van der Waals surface area contributed by atoms with Crippen molar-refractivity contribution < 1.29 is 18.7 Å². The van der Waals surface area contributed by atoms with Crippen LogP contribution in [0.4, 0.5) is 9.18 Å². The Morgan fingerprint density at radius 2 is 2.16 bits per heavy atom. The van der Waals surface area contributed by atoms with E-state index in [1.165, 1.54) is 19.1 Å². The number of nitrogens with one attached hydrogen (secondary N) is 2. The van der Waals surface area contributed by atoms with Crippen LogP contribution in [0.2, 0.25) is 5.02 Å². The number of carbonyl (C=O) groups excluding carboxylic acids is 2. The zero-order chi connectivity index (χ0) is 14.4. The topological polar surface area (TPSA) is 67.4 Å². The maximum Gasteiger partial charge on any atom is 0.321 e. The molecule has 7 heteroatoms. The van der Waals surface area contributed by atoms with Crippen LogP contribution in [0.25, 0.3) is 0 Å². The summed E-state index contributed by atoms with van der Waals surface area (Å²) in [6.07, 6.45) is -0.941. The lowest BCUT2D eigenvalue weighted by atomic mass is 10.3. The van der Waals surface area contributed by atoms with Crippen molar-refractivity contribution in [2.24, 2.45) is 0 Å². The third-order valence-corrected chi connectivity index (χ3v) is 2.45. The summed E-state index contributed by atoms with van der Waals surface area (Å²) in [5.74, 6) is -1.11. The van der Waals surface area contributed by atoms with E-state index in [4.69, 9.17) is 16.3 Å². The van der Waals surface area contributed by atoms with Gasteiger partial charge in [-0.15, -0.1) is 0 Å². The van der Waals surface area contributed by atoms with Crippen molar-refractivity contribution in [2.75, 3.05) is 6.54 Å². The fourth-order valence-corrected chi connectivity index (χ4v) is 1.34. The highest BCUT2D eigenvalue weighted by Crippen LogP contribution is 2.21. The number of hydrogen-bond acceptors (Lipinski definition) is 3. The van der Waals surface area contributed by atoms with Gasteiger partial charge in [0.15, 0.2) is 6.10 Å². The zero-order valence-electron chi connectivity index (χ0n) is 10.5. The Kier molecular flexibility index (Phi) is 5.57. The summed E-state index contributed by atoms with van der Waals surface area (Å²) in [7, 11) is 0. The van der Waals surface area contributed by atoms with Gasteiger partial charge in [-0.05, 0) is 26.0 Å². The van der Waals surface area contributed by atoms with E-state index in [0.29, 0.717) is 6.54 Å². The van der Waals surface area contributed by atoms with Gasteiger partial charge in [0.05, 0.1) is 5.02 Å². The molecule has 0 aliphatic heterocycles. The molecule has 0 heterocycles. The standard InChI is InChI=1S/C12H14ClFN2O3/c1-3-15-12(18)16-11(17)7(2)19-8-4-5-9(13)10(14)6-8/h4-7H,3H2,1-2H3,(H2,15,16,17,18). The van der Waals surface area contributed by atoms with Crippen molar-refractivity contribution in [2.45, 2.75) is 20.0 Å². The molecule has 2 N–H and O–H groups in total. The van der Waals surface area contributed by atoms with Crippen LogP contribution in [-0.2, 0) is 4.79 Å². The van der Waals surface area contributed by atoms with Gasteiger partial charge in [-0.3, -0.25) is 10.1 Å². The van der Waals surface area contributed by atoms with Crippen molar-refractivity contribution in [1.29, 1.82) is 0 Å². The van der Waals surface area contributed by atoms with Gasteiger partial charge < -0.3 is 10.1 Å². The van der Waals surface area contributed by atoms with E-state index < -0.39 is 23.9 Å². The number of halogens is 2. The van der Waals surface area contributed by atoms with Crippen molar-refractivity contribution in [3.8, 4) is 5.75 Å². The van der Waals surface area contributed by atoms with Crippen LogP contribution in [0.1, 0.15) is 13.8 Å². The SMILES string of the molecule is CCNC(=O)NC(=O)C(C)Oc1ccc(Cl)c(F)c1. The first-order valence-electron chi connectivity index (χ1n) is 5.64. The van der Waals surface area contributed by atoms with Crippen molar-refractivity contribution in [3.63, 3.8) is 0 Å². The van der Waals surface area contributed by atoms with E-state index in [9.17, 15) is 14.0 Å². The Hall–Kier alpha value is -1.82. The quantitative estimate of drug-likeness (QED) is 0.891. The van der Waals surface area contributed by atoms with Gasteiger partial charge >= 0.3 is 6.03 Å². The molecule has 1 aromatic rings. The number of rotatable bonds is 4. The van der Waals surface area contributed by atoms with E-state index in [2.05, 4.69) is 10.6 Å². The predicted octanol–water partition coefficient (Wildman–Crippen LogP) is 2.09. The molecule has 0 fully saturated rings. The molecular weight excluding hydrogens is 275 g/mol. The van der Waals surface area contributed by atoms with Gasteiger partial charge in [-0.2, -0.15) is 0 Å². The molecule has 0 aliphatic rings. The number of amides is 3. The summed E-state index contributed by atoms with van der Waals surface area (Å²) in [6, 6.07) is 3.21. The lowest BCUT2D eigenvalue weighted by Crippen LogP contribution is -2.45. The zero-order valence-corrected chi connectivity index (χ0v) is 11.3. The van der Waals surface area contributed by atoms with Crippen molar-refractivity contribution in [1.82, 2.24) is 10.6 Å². The number of benzene rings is 1. The molecular formula is C12H14ClFN2O3. The maximum absolute atomic E-state index is 13.2. The Morgan fingerprint density at radius 3 is 2.74 bits per heavy atom. The highest BCUT2D eigenvalue weighted by atomic mass is 35.5. The van der Waals surface area contributed by atoms with Gasteiger partial charge in [0.25, 0.3) is 5.91 Å². The first-order chi connectivity index (χ1) is 8.93. The van der Waals surface area contributed by atoms with Gasteiger partial charge in [-0.25, -0.2) is 9.18 Å². The van der Waals surface area contributed by atoms with Crippen LogP contribution >= 0.6 is 11.6 Å². The Labute approximate surface area is 115 Å². The molecule has 1 unspecified atom stereocenters. The first kappa shape index (κ1) is 15.2. The first-order valence-corrected chi connectivity index (χ1v) is 6.02. The third-order valence-electron chi connectivity index (χ3n) is 2.15. The molecule has 0 radical (unpaired) electrons. The molecule has 0 spiro atoms. The van der Waals surface area contributed by atoms with Crippen molar-refractivity contribution >= 4 is 23.5 Å². The molecule has 104 valence electrons. The molecule has 1 atom stereocenters. The minimum Gasteiger partial charge on any atom is -0.481 e. The molecule has 0 saturated carbocycles. The number of imide groups is 1. The monoisotopic (exact) mass is 288 g/mol. The average molecular weight is 289 g/mol. The normalized spacial score (nSPS) is 11.6. The number of ether oxygens (including phenoxy) is 1. The molecule has 19 heavy (non-hydrogen) atoms. The van der Waals surface area contributed by atoms with E-state index >= 15 is 0 Å². The van der Waals surface area contributed by atoms with E-state index in [0.717, 1.165) is 6.07 Å². The van der Waals surface area contributed by atoms with Crippen LogP contribution in [0.5, 0.6) is 5.75 Å². The number of hydrogen-bond donors (Lipinski definition) is 2. The molecule has 3 amide bonds. The van der Waals surface area contributed by atoms with Gasteiger partial charge in [0, 0.05) is 12.6 Å². The lowest BCUT2D eigenvalue weighted by molar-refractivity contribution is -0.126. The summed E-state index contributed by atoms with van der Waals surface area (Å²) in [6.45, 7) is 3.57. The smallest absolute Gasteiger partial charge is 0.321 e. The maximum atomic E-state index is 13.2. The third kappa shape index (κ3) is 4.75. The summed E-state index contributed by atoms with van der Waals surface area (Å²) in [5, 5.41) is 4.47. The molecule has 1 aromatic carbocycles. The Morgan fingerprint density at radius 1 is 1.47 bits per heavy atom. The van der Waals surface area contributed by atoms with Crippen LogP contribution in [0.15, 0.2) is 18.2 Å². The van der Waals surface area contributed by atoms with Crippen LogP contribution in [0.3, 0.4) is 0 Å². The number of carbonyl (C=O) groups is 2. The Bertz CT molecular complexity index is 482. The second kappa shape index (κ2) is 6.94. The van der Waals surface area contributed by atoms with Crippen molar-refractivity contribution in [3.05, 3.63) is 29.0 Å². The second-order valence-corrected chi connectivity index (χ2v) is 4.09. The fraction of sp³-hybridized carbons (Fsp3) is 0.333. The molecule has 0 aromatic heterocycles. The fourth-order valence-electron chi connectivity index (χ4n) is 1.23. The summed E-state index contributed by atoms with van der Waals surface area (Å²) in [5.41, 5.74) is 0. The minimum atomic E-state index is -0.941. The van der Waals surface area contributed by atoms with E-state index in [1.54, 1.807) is 6.92 Å². The van der Waals surface area contributed by atoms with Gasteiger partial charge in [0.2, 0.25) is 0 Å². The minimum absolute atomic E-state index is 0.0354. The summed E-state index contributed by atoms with van der Waals surface area (Å²) < 4.78 is 18.4.